The molecule has 15 heavy (non-hydrogen) atoms. The summed E-state index contributed by atoms with van der Waals surface area (Å²) < 4.78 is 0. The molecular weight excluding hydrogens is 214 g/mol. The second kappa shape index (κ2) is 4.06. The molecule has 5 heteroatoms. The van der Waals surface area contributed by atoms with Crippen LogP contribution < -0.4 is 10.2 Å². The highest BCUT2D eigenvalue weighted by molar-refractivity contribution is 6.29. The van der Waals surface area contributed by atoms with E-state index in [-0.39, 0.29) is 11.9 Å². The molecule has 1 aromatic rings. The fourth-order valence-electron chi connectivity index (χ4n) is 1.71. The van der Waals surface area contributed by atoms with Crippen molar-refractivity contribution in [1.82, 2.24) is 10.3 Å². The molecule has 1 saturated heterocycles. The van der Waals surface area contributed by atoms with Crippen LogP contribution in [0.2, 0.25) is 5.15 Å². The second-order valence-electron chi connectivity index (χ2n) is 3.50. The Bertz CT molecular complexity index is 383. The topological polar surface area (TPSA) is 45.2 Å². The number of rotatable bonds is 1. The van der Waals surface area contributed by atoms with Gasteiger partial charge in [0.25, 0.3) is 0 Å². The predicted octanol–water partition coefficient (Wildman–Crippen LogP) is 1.06. The van der Waals surface area contributed by atoms with Crippen molar-refractivity contribution in [3.63, 3.8) is 0 Å². The van der Waals surface area contributed by atoms with Crippen LogP contribution in [0.15, 0.2) is 18.3 Å². The molecule has 1 aliphatic heterocycles. The minimum atomic E-state index is -0.155. The third-order valence-electron chi connectivity index (χ3n) is 2.54. The summed E-state index contributed by atoms with van der Waals surface area (Å²) in [5, 5.41) is 3.27. The summed E-state index contributed by atoms with van der Waals surface area (Å²) in [4.78, 5) is 17.4. The van der Waals surface area contributed by atoms with E-state index >= 15 is 0 Å². The smallest absolute Gasteiger partial charge is 0.242 e. The molecule has 0 saturated carbocycles. The van der Waals surface area contributed by atoms with E-state index in [1.165, 1.54) is 0 Å². The molecule has 80 valence electrons. The number of aromatic nitrogens is 1. The number of hydrogen-bond donors (Lipinski definition) is 1. The Balaban J connectivity index is 2.26. The number of nitrogens with one attached hydrogen (secondary N) is 1. The van der Waals surface area contributed by atoms with Gasteiger partial charge in [-0.3, -0.25) is 4.79 Å². The molecule has 1 unspecified atom stereocenters. The monoisotopic (exact) mass is 225 g/mol. The quantitative estimate of drug-likeness (QED) is 0.727. The summed E-state index contributed by atoms with van der Waals surface area (Å²) in [7, 11) is 0. The predicted molar refractivity (Wildman–Crippen MR) is 59.1 cm³/mol. The zero-order valence-corrected chi connectivity index (χ0v) is 9.16. The number of anilines is 1. The van der Waals surface area contributed by atoms with Crippen LogP contribution in [-0.4, -0.2) is 30.0 Å². The first-order valence-corrected chi connectivity index (χ1v) is 5.22. The minimum absolute atomic E-state index is 0.0502. The molecule has 0 spiro atoms. The van der Waals surface area contributed by atoms with E-state index in [2.05, 4.69) is 10.3 Å². The molecule has 1 aromatic heterocycles. The van der Waals surface area contributed by atoms with Gasteiger partial charge in [0.2, 0.25) is 5.91 Å². The van der Waals surface area contributed by atoms with E-state index in [1.54, 1.807) is 12.3 Å². The lowest BCUT2D eigenvalue weighted by molar-refractivity contribution is -0.122. The Morgan fingerprint density at radius 1 is 1.67 bits per heavy atom. The van der Waals surface area contributed by atoms with Crippen molar-refractivity contribution < 1.29 is 4.79 Å². The van der Waals surface area contributed by atoms with Crippen molar-refractivity contribution in [2.45, 2.75) is 13.0 Å². The number of piperazine rings is 1. The Kier molecular flexibility index (Phi) is 2.77. The Labute approximate surface area is 93.2 Å². The summed E-state index contributed by atoms with van der Waals surface area (Å²) in [5.74, 6) is 0.0502. The van der Waals surface area contributed by atoms with Crippen LogP contribution in [0.3, 0.4) is 0 Å². The zero-order valence-electron chi connectivity index (χ0n) is 8.40. The number of hydrogen-bond acceptors (Lipinski definition) is 3. The average molecular weight is 226 g/mol. The number of pyridine rings is 1. The molecule has 1 aliphatic rings. The van der Waals surface area contributed by atoms with E-state index in [0.29, 0.717) is 11.7 Å². The lowest BCUT2D eigenvalue weighted by atomic mass is 10.2. The van der Waals surface area contributed by atoms with Crippen molar-refractivity contribution in [2.24, 2.45) is 0 Å². The molecule has 1 N–H and O–H groups in total. The highest BCUT2D eigenvalue weighted by Crippen LogP contribution is 2.20. The fraction of sp³-hybridized carbons (Fsp3) is 0.400. The van der Waals surface area contributed by atoms with Gasteiger partial charge < -0.3 is 10.2 Å². The Morgan fingerprint density at radius 3 is 3.20 bits per heavy atom. The first-order valence-electron chi connectivity index (χ1n) is 4.84. The molecule has 0 aromatic carbocycles. The van der Waals surface area contributed by atoms with Gasteiger partial charge in [-0.15, -0.1) is 0 Å². The van der Waals surface area contributed by atoms with E-state index < -0.39 is 0 Å². The zero-order chi connectivity index (χ0) is 10.8. The lowest BCUT2D eigenvalue weighted by Gasteiger charge is -2.34. The molecule has 0 radical (unpaired) electrons. The first-order chi connectivity index (χ1) is 7.18. The molecule has 2 heterocycles. The minimum Gasteiger partial charge on any atom is -0.358 e. The van der Waals surface area contributed by atoms with Crippen molar-refractivity contribution in [1.29, 1.82) is 0 Å². The molecule has 2 rings (SSSR count). The third-order valence-corrected chi connectivity index (χ3v) is 2.75. The first kappa shape index (κ1) is 10.2. The van der Waals surface area contributed by atoms with Gasteiger partial charge in [0, 0.05) is 25.0 Å². The molecule has 0 bridgehead atoms. The molecule has 4 nitrogen and oxygen atoms in total. The van der Waals surface area contributed by atoms with E-state index in [4.69, 9.17) is 11.6 Å². The van der Waals surface area contributed by atoms with Crippen molar-refractivity contribution in [3.8, 4) is 0 Å². The number of nitrogens with zero attached hydrogens (tertiary/aromatic N) is 2. The lowest BCUT2D eigenvalue weighted by Crippen LogP contribution is -2.54. The SMILES string of the molecule is CC1C(=O)NCCN1c1ccnc(Cl)c1. The summed E-state index contributed by atoms with van der Waals surface area (Å²) in [6.07, 6.45) is 1.65. The van der Waals surface area contributed by atoms with Gasteiger partial charge in [0.15, 0.2) is 0 Å². The van der Waals surface area contributed by atoms with Crippen LogP contribution >= 0.6 is 11.6 Å². The van der Waals surface area contributed by atoms with E-state index in [0.717, 1.165) is 12.2 Å². The third kappa shape index (κ3) is 2.04. The van der Waals surface area contributed by atoms with Gasteiger partial charge in [-0.2, -0.15) is 0 Å². The van der Waals surface area contributed by atoms with Crippen LogP contribution in [-0.2, 0) is 4.79 Å². The van der Waals surface area contributed by atoms with Crippen LogP contribution in [0, 0.1) is 0 Å². The number of carbonyl (C=O) groups excluding carboxylic acids is 1. The second-order valence-corrected chi connectivity index (χ2v) is 3.88. The van der Waals surface area contributed by atoms with Crippen molar-refractivity contribution in [3.05, 3.63) is 23.5 Å². The summed E-state index contributed by atoms with van der Waals surface area (Å²) >= 11 is 5.81. The van der Waals surface area contributed by atoms with E-state index in [1.807, 2.05) is 17.9 Å². The fourth-order valence-corrected chi connectivity index (χ4v) is 1.87. The number of carbonyl (C=O) groups is 1. The maximum absolute atomic E-state index is 11.5. The van der Waals surface area contributed by atoms with Crippen molar-refractivity contribution >= 4 is 23.2 Å². The molecule has 1 atom stereocenters. The van der Waals surface area contributed by atoms with Gasteiger partial charge in [-0.1, -0.05) is 11.6 Å². The van der Waals surface area contributed by atoms with E-state index in [9.17, 15) is 4.79 Å². The number of amides is 1. The van der Waals surface area contributed by atoms with Gasteiger partial charge in [-0.05, 0) is 19.1 Å². The standard InChI is InChI=1S/C10H12ClN3O/c1-7-10(15)13-4-5-14(7)8-2-3-12-9(11)6-8/h2-3,6-7H,4-5H2,1H3,(H,13,15). The highest BCUT2D eigenvalue weighted by atomic mass is 35.5. The largest absolute Gasteiger partial charge is 0.358 e. The Morgan fingerprint density at radius 2 is 2.47 bits per heavy atom. The van der Waals surface area contributed by atoms with Crippen molar-refractivity contribution in [2.75, 3.05) is 18.0 Å². The average Bonchev–Trinajstić information content (AvgIpc) is 2.22. The van der Waals surface area contributed by atoms with Gasteiger partial charge >= 0.3 is 0 Å². The number of halogens is 1. The molecule has 1 fully saturated rings. The van der Waals surface area contributed by atoms with Crippen LogP contribution in [0.1, 0.15) is 6.92 Å². The summed E-state index contributed by atoms with van der Waals surface area (Å²) in [5.41, 5.74) is 0.942. The summed E-state index contributed by atoms with van der Waals surface area (Å²) in [6, 6.07) is 3.48. The Hall–Kier alpha value is -1.29. The van der Waals surface area contributed by atoms with Gasteiger partial charge in [-0.25, -0.2) is 4.98 Å². The summed E-state index contributed by atoms with van der Waals surface area (Å²) in [6.45, 7) is 3.35. The molecule has 1 amide bonds. The highest BCUT2D eigenvalue weighted by Gasteiger charge is 2.25. The van der Waals surface area contributed by atoms with Crippen LogP contribution in [0.4, 0.5) is 5.69 Å². The van der Waals surface area contributed by atoms with Crippen LogP contribution in [0.5, 0.6) is 0 Å². The molecular formula is C10H12ClN3O. The van der Waals surface area contributed by atoms with Gasteiger partial charge in [0.05, 0.1) is 0 Å². The molecule has 0 aliphatic carbocycles. The van der Waals surface area contributed by atoms with Gasteiger partial charge in [0.1, 0.15) is 11.2 Å². The maximum atomic E-state index is 11.5. The maximum Gasteiger partial charge on any atom is 0.242 e. The van der Waals surface area contributed by atoms with Crippen LogP contribution in [0.25, 0.3) is 0 Å². The normalized spacial score (nSPS) is 21.3.